The first kappa shape index (κ1) is 17.1. The van der Waals surface area contributed by atoms with E-state index in [2.05, 4.69) is 32.1 Å². The fourth-order valence-corrected chi connectivity index (χ4v) is 2.96. The average Bonchev–Trinajstić information content (AvgIpc) is 3.08. The molecule has 1 fully saturated rings. The number of carbonyl (C=O) groups excluding carboxylic acids is 2. The van der Waals surface area contributed by atoms with Crippen LogP contribution in [0.2, 0.25) is 0 Å². The molecule has 0 saturated carbocycles. The number of nitrogens with zero attached hydrogens (tertiary/aromatic N) is 2. The molecule has 0 bridgehead atoms. The first-order chi connectivity index (χ1) is 12.2. The maximum absolute atomic E-state index is 12.3. The van der Waals surface area contributed by atoms with Gasteiger partial charge in [-0.2, -0.15) is 0 Å². The largest absolute Gasteiger partial charge is 0.465 e. The lowest BCUT2D eigenvalue weighted by molar-refractivity contribution is 0.0599. The highest BCUT2D eigenvalue weighted by Crippen LogP contribution is 2.14. The summed E-state index contributed by atoms with van der Waals surface area (Å²) in [5, 5.41) is 3.01. The van der Waals surface area contributed by atoms with Crippen LogP contribution in [0.15, 0.2) is 48.7 Å². The number of likely N-dealkylation sites (tertiary alicyclic amines) is 1. The van der Waals surface area contributed by atoms with Crippen molar-refractivity contribution in [1.82, 2.24) is 15.2 Å². The fourth-order valence-electron chi connectivity index (χ4n) is 2.96. The molecule has 0 spiro atoms. The number of carbonyl (C=O) groups is 2. The van der Waals surface area contributed by atoms with Gasteiger partial charge >= 0.3 is 5.97 Å². The van der Waals surface area contributed by atoms with Crippen molar-refractivity contribution in [1.29, 1.82) is 0 Å². The number of pyridine rings is 1. The van der Waals surface area contributed by atoms with Crippen molar-refractivity contribution in [3.63, 3.8) is 0 Å². The molecule has 1 saturated heterocycles. The second-order valence-electron chi connectivity index (χ2n) is 6.10. The second kappa shape index (κ2) is 7.90. The Kier molecular flexibility index (Phi) is 5.40. The molecule has 0 aliphatic carbocycles. The number of nitrogens with one attached hydrogen (secondary N) is 1. The minimum Gasteiger partial charge on any atom is -0.465 e. The van der Waals surface area contributed by atoms with Crippen LogP contribution in [0.5, 0.6) is 0 Å². The molecule has 1 aliphatic heterocycles. The topological polar surface area (TPSA) is 71.5 Å². The summed E-state index contributed by atoms with van der Waals surface area (Å²) in [5.41, 5.74) is 1.90. The lowest BCUT2D eigenvalue weighted by atomic mass is 10.2. The molecule has 1 N–H and O–H groups in total. The molecular weight excluding hydrogens is 318 g/mol. The first-order valence-electron chi connectivity index (χ1n) is 8.27. The van der Waals surface area contributed by atoms with Gasteiger partial charge in [-0.05, 0) is 24.1 Å². The summed E-state index contributed by atoms with van der Waals surface area (Å²) in [7, 11) is 1.31. The van der Waals surface area contributed by atoms with Crippen LogP contribution in [0.1, 0.15) is 32.8 Å². The molecule has 3 rings (SSSR count). The molecule has 2 aromatic rings. The molecule has 1 aromatic carbocycles. The molecule has 1 aromatic heterocycles. The number of hydrogen-bond acceptors (Lipinski definition) is 5. The normalized spacial score (nSPS) is 17.2. The molecule has 1 atom stereocenters. The van der Waals surface area contributed by atoms with E-state index in [0.29, 0.717) is 11.3 Å². The summed E-state index contributed by atoms with van der Waals surface area (Å²) < 4.78 is 4.62. The highest BCUT2D eigenvalue weighted by atomic mass is 16.5. The van der Waals surface area contributed by atoms with E-state index < -0.39 is 5.97 Å². The maximum atomic E-state index is 12.3. The van der Waals surface area contributed by atoms with E-state index >= 15 is 0 Å². The van der Waals surface area contributed by atoms with Gasteiger partial charge in [0, 0.05) is 31.9 Å². The quantitative estimate of drug-likeness (QED) is 0.842. The monoisotopic (exact) mass is 339 g/mol. The van der Waals surface area contributed by atoms with E-state index in [1.54, 1.807) is 6.07 Å². The van der Waals surface area contributed by atoms with Gasteiger partial charge in [-0.3, -0.25) is 14.7 Å². The van der Waals surface area contributed by atoms with Crippen LogP contribution < -0.4 is 5.32 Å². The average molecular weight is 339 g/mol. The zero-order chi connectivity index (χ0) is 17.6. The van der Waals surface area contributed by atoms with Gasteiger partial charge in [-0.25, -0.2) is 4.79 Å². The summed E-state index contributed by atoms with van der Waals surface area (Å²) in [6.07, 6.45) is 2.27. The summed E-state index contributed by atoms with van der Waals surface area (Å²) >= 11 is 0. The van der Waals surface area contributed by atoms with Crippen molar-refractivity contribution in [2.24, 2.45) is 0 Å². The van der Waals surface area contributed by atoms with Gasteiger partial charge in [0.2, 0.25) is 0 Å². The van der Waals surface area contributed by atoms with Gasteiger partial charge in [-0.1, -0.05) is 30.3 Å². The van der Waals surface area contributed by atoms with Crippen molar-refractivity contribution in [3.8, 4) is 0 Å². The van der Waals surface area contributed by atoms with Gasteiger partial charge in [-0.15, -0.1) is 0 Å². The van der Waals surface area contributed by atoms with Crippen LogP contribution in [-0.2, 0) is 11.3 Å². The smallest absolute Gasteiger partial charge is 0.339 e. The van der Waals surface area contributed by atoms with E-state index in [0.717, 1.165) is 26.1 Å². The van der Waals surface area contributed by atoms with Crippen molar-refractivity contribution in [2.75, 3.05) is 20.2 Å². The first-order valence-corrected chi connectivity index (χ1v) is 8.27. The summed E-state index contributed by atoms with van der Waals surface area (Å²) in [6.45, 7) is 2.66. The van der Waals surface area contributed by atoms with Crippen LogP contribution in [0, 0.1) is 0 Å². The predicted molar refractivity (Wildman–Crippen MR) is 93.2 cm³/mol. The van der Waals surface area contributed by atoms with E-state index in [4.69, 9.17) is 0 Å². The molecule has 6 nitrogen and oxygen atoms in total. The minimum absolute atomic E-state index is 0.110. The lowest BCUT2D eigenvalue weighted by Gasteiger charge is -2.16. The van der Waals surface area contributed by atoms with Gasteiger partial charge in [0.15, 0.2) is 0 Å². The zero-order valence-electron chi connectivity index (χ0n) is 14.1. The number of methoxy groups -OCH3 is 1. The lowest BCUT2D eigenvalue weighted by Crippen LogP contribution is -2.37. The van der Waals surface area contributed by atoms with Gasteiger partial charge in [0.1, 0.15) is 5.69 Å². The standard InChI is InChI=1S/C19H21N3O3/c1-25-19(24)15-7-8-17(20-11-15)18(23)21-16-9-10-22(13-16)12-14-5-3-2-4-6-14/h2-8,11,16H,9-10,12-13H2,1H3,(H,21,23). The SMILES string of the molecule is COC(=O)c1ccc(C(=O)NC2CCN(Cc3ccccc3)C2)nc1. The third kappa shape index (κ3) is 4.42. The Bertz CT molecular complexity index is 731. The van der Waals surface area contributed by atoms with E-state index in [-0.39, 0.29) is 11.9 Å². The molecule has 2 heterocycles. The summed E-state index contributed by atoms with van der Waals surface area (Å²) in [5.74, 6) is -0.685. The minimum atomic E-state index is -0.466. The van der Waals surface area contributed by atoms with E-state index in [1.165, 1.54) is 24.9 Å². The Morgan fingerprint density at radius 3 is 2.72 bits per heavy atom. The highest BCUT2D eigenvalue weighted by molar-refractivity contribution is 5.94. The van der Waals surface area contributed by atoms with Crippen molar-refractivity contribution >= 4 is 11.9 Å². The Hall–Kier alpha value is -2.73. The van der Waals surface area contributed by atoms with Gasteiger partial charge < -0.3 is 10.1 Å². The summed E-state index contributed by atoms with van der Waals surface area (Å²) in [6, 6.07) is 13.5. The third-order valence-corrected chi connectivity index (χ3v) is 4.27. The third-order valence-electron chi connectivity index (χ3n) is 4.27. The molecule has 0 radical (unpaired) electrons. The van der Waals surface area contributed by atoms with Crippen molar-refractivity contribution < 1.29 is 14.3 Å². The Morgan fingerprint density at radius 2 is 2.04 bits per heavy atom. The number of esters is 1. The van der Waals surface area contributed by atoms with Crippen LogP contribution in [-0.4, -0.2) is 48.0 Å². The van der Waals surface area contributed by atoms with E-state index in [1.807, 2.05) is 18.2 Å². The predicted octanol–water partition coefficient (Wildman–Crippen LogP) is 1.87. The molecule has 6 heteroatoms. The van der Waals surface area contributed by atoms with E-state index in [9.17, 15) is 9.59 Å². The fraction of sp³-hybridized carbons (Fsp3) is 0.316. The Labute approximate surface area is 146 Å². The van der Waals surface area contributed by atoms with Gasteiger partial charge in [0.25, 0.3) is 5.91 Å². The number of benzene rings is 1. The van der Waals surface area contributed by atoms with Crippen LogP contribution in [0.25, 0.3) is 0 Å². The number of hydrogen-bond donors (Lipinski definition) is 1. The molecular formula is C19H21N3O3. The summed E-state index contributed by atoms with van der Waals surface area (Å²) in [4.78, 5) is 30.1. The number of ether oxygens (including phenoxy) is 1. The molecule has 130 valence electrons. The molecule has 1 unspecified atom stereocenters. The number of rotatable bonds is 5. The van der Waals surface area contributed by atoms with Gasteiger partial charge in [0.05, 0.1) is 12.7 Å². The number of aromatic nitrogens is 1. The van der Waals surface area contributed by atoms with Crippen LogP contribution in [0.3, 0.4) is 0 Å². The Balaban J connectivity index is 1.52. The van der Waals surface area contributed by atoms with Crippen molar-refractivity contribution in [3.05, 3.63) is 65.5 Å². The van der Waals surface area contributed by atoms with Crippen LogP contribution >= 0.6 is 0 Å². The highest BCUT2D eigenvalue weighted by Gasteiger charge is 2.24. The maximum Gasteiger partial charge on any atom is 0.339 e. The Morgan fingerprint density at radius 1 is 1.24 bits per heavy atom. The van der Waals surface area contributed by atoms with Crippen LogP contribution in [0.4, 0.5) is 0 Å². The molecule has 1 amide bonds. The second-order valence-corrected chi connectivity index (χ2v) is 6.10. The van der Waals surface area contributed by atoms with Crippen molar-refractivity contribution in [2.45, 2.75) is 19.0 Å². The number of amides is 1. The molecule has 1 aliphatic rings. The zero-order valence-corrected chi connectivity index (χ0v) is 14.1. The molecule has 25 heavy (non-hydrogen) atoms.